The maximum atomic E-state index is 3.65. The Bertz CT molecular complexity index is 724. The van der Waals surface area contributed by atoms with Crippen LogP contribution >= 0.6 is 11.3 Å². The van der Waals surface area contributed by atoms with Gasteiger partial charge >= 0.3 is 0 Å². The van der Waals surface area contributed by atoms with E-state index in [2.05, 4.69) is 74.6 Å². The summed E-state index contributed by atoms with van der Waals surface area (Å²) in [7, 11) is 0. The molecule has 2 heteroatoms. The molecule has 0 bridgehead atoms. The zero-order valence-electron chi connectivity index (χ0n) is 12.8. The summed E-state index contributed by atoms with van der Waals surface area (Å²) in [5.74, 6) is 0. The van der Waals surface area contributed by atoms with Crippen LogP contribution in [-0.2, 0) is 0 Å². The molecule has 1 nitrogen and oxygen atoms in total. The number of hydrogen-bond acceptors (Lipinski definition) is 2. The molecule has 0 aliphatic rings. The van der Waals surface area contributed by atoms with Gasteiger partial charge in [-0.2, -0.15) is 0 Å². The fraction of sp³-hybridized carbons (Fsp3) is 0.263. The van der Waals surface area contributed by atoms with Crippen molar-refractivity contribution in [3.8, 4) is 0 Å². The van der Waals surface area contributed by atoms with Crippen molar-refractivity contribution in [3.63, 3.8) is 0 Å². The molecule has 0 fully saturated rings. The Morgan fingerprint density at radius 2 is 1.86 bits per heavy atom. The minimum absolute atomic E-state index is 0.285. The minimum Gasteiger partial charge on any atom is -0.306 e. The number of fused-ring (bicyclic) bond motifs is 1. The number of nitrogens with one attached hydrogen (secondary N) is 1. The highest BCUT2D eigenvalue weighted by atomic mass is 32.1. The summed E-state index contributed by atoms with van der Waals surface area (Å²) in [5, 5.41) is 4.98. The van der Waals surface area contributed by atoms with Gasteiger partial charge in [-0.3, -0.25) is 0 Å². The second-order valence-electron chi connectivity index (χ2n) is 5.54. The van der Waals surface area contributed by atoms with Crippen LogP contribution in [0.2, 0.25) is 0 Å². The smallest absolute Gasteiger partial charge is 0.0673 e. The van der Waals surface area contributed by atoms with Gasteiger partial charge in [-0.05, 0) is 49.0 Å². The lowest BCUT2D eigenvalue weighted by atomic mass is 9.98. The van der Waals surface area contributed by atoms with Gasteiger partial charge < -0.3 is 5.32 Å². The van der Waals surface area contributed by atoms with Crippen LogP contribution in [0.25, 0.3) is 10.1 Å². The molecule has 0 saturated carbocycles. The van der Waals surface area contributed by atoms with E-state index in [-0.39, 0.29) is 6.04 Å². The Hall–Kier alpha value is -1.64. The molecule has 0 saturated heterocycles. The molecule has 0 aliphatic carbocycles. The first-order valence-corrected chi connectivity index (χ1v) is 8.29. The predicted molar refractivity (Wildman–Crippen MR) is 93.3 cm³/mol. The largest absolute Gasteiger partial charge is 0.306 e. The van der Waals surface area contributed by atoms with E-state index in [9.17, 15) is 0 Å². The highest BCUT2D eigenvalue weighted by molar-refractivity contribution is 7.19. The Morgan fingerprint density at radius 3 is 2.57 bits per heavy atom. The number of thiophene rings is 1. The Morgan fingerprint density at radius 1 is 1.05 bits per heavy atom. The molecule has 0 amide bonds. The molecule has 0 radical (unpaired) electrons. The van der Waals surface area contributed by atoms with Crippen LogP contribution in [0, 0.1) is 13.8 Å². The van der Waals surface area contributed by atoms with Gasteiger partial charge in [-0.15, -0.1) is 11.3 Å². The first-order chi connectivity index (χ1) is 10.2. The highest BCUT2D eigenvalue weighted by Gasteiger charge is 2.17. The molecule has 1 heterocycles. The molecule has 1 aromatic heterocycles. The molecule has 0 aliphatic heterocycles. The molecule has 108 valence electrons. The predicted octanol–water partition coefficient (Wildman–Crippen LogP) is 5.22. The quantitative estimate of drug-likeness (QED) is 0.696. The van der Waals surface area contributed by atoms with Crippen molar-refractivity contribution >= 4 is 21.4 Å². The molecular weight excluding hydrogens is 274 g/mol. The highest BCUT2D eigenvalue weighted by Crippen LogP contribution is 2.34. The van der Waals surface area contributed by atoms with Crippen LogP contribution in [0.1, 0.15) is 34.5 Å². The Kier molecular flexibility index (Phi) is 4.09. The van der Waals surface area contributed by atoms with E-state index in [1.807, 2.05) is 11.3 Å². The second-order valence-corrected chi connectivity index (χ2v) is 6.65. The van der Waals surface area contributed by atoms with Gasteiger partial charge in [0.25, 0.3) is 0 Å². The first kappa shape index (κ1) is 14.3. The van der Waals surface area contributed by atoms with Gasteiger partial charge in [0.05, 0.1) is 6.04 Å². The summed E-state index contributed by atoms with van der Waals surface area (Å²) in [5.41, 5.74) is 4.07. The topological polar surface area (TPSA) is 12.0 Å². The molecule has 3 rings (SSSR count). The summed E-state index contributed by atoms with van der Waals surface area (Å²) in [6, 6.07) is 18.0. The summed E-state index contributed by atoms with van der Waals surface area (Å²) in [6.07, 6.45) is 0. The third-order valence-electron chi connectivity index (χ3n) is 3.87. The summed E-state index contributed by atoms with van der Waals surface area (Å²) in [4.78, 5) is 1.39. The van der Waals surface area contributed by atoms with Crippen molar-refractivity contribution in [1.29, 1.82) is 0 Å². The van der Waals surface area contributed by atoms with Crippen LogP contribution in [0.15, 0.2) is 48.5 Å². The van der Waals surface area contributed by atoms with Gasteiger partial charge in [0, 0.05) is 9.58 Å². The van der Waals surface area contributed by atoms with Gasteiger partial charge in [-0.25, -0.2) is 0 Å². The number of benzene rings is 2. The lowest BCUT2D eigenvalue weighted by Crippen LogP contribution is -2.21. The second kappa shape index (κ2) is 6.00. The van der Waals surface area contributed by atoms with Crippen molar-refractivity contribution in [3.05, 3.63) is 70.1 Å². The lowest BCUT2D eigenvalue weighted by molar-refractivity contribution is 0.637. The number of aryl methyl sites for hydroxylation is 2. The molecule has 1 unspecified atom stereocenters. The monoisotopic (exact) mass is 295 g/mol. The minimum atomic E-state index is 0.285. The number of rotatable bonds is 4. The van der Waals surface area contributed by atoms with Gasteiger partial charge in [-0.1, -0.05) is 48.9 Å². The van der Waals surface area contributed by atoms with Crippen molar-refractivity contribution in [1.82, 2.24) is 5.32 Å². The molecule has 1 atom stereocenters. The van der Waals surface area contributed by atoms with Crippen molar-refractivity contribution in [2.75, 3.05) is 6.54 Å². The normalized spacial score (nSPS) is 12.7. The fourth-order valence-electron chi connectivity index (χ4n) is 2.86. The zero-order valence-corrected chi connectivity index (χ0v) is 13.6. The maximum absolute atomic E-state index is 3.65. The van der Waals surface area contributed by atoms with E-state index < -0.39 is 0 Å². The summed E-state index contributed by atoms with van der Waals surface area (Å²) in [6.45, 7) is 7.49. The fourth-order valence-corrected chi connectivity index (χ4v) is 4.02. The van der Waals surface area contributed by atoms with Crippen LogP contribution in [0.5, 0.6) is 0 Å². The van der Waals surface area contributed by atoms with E-state index in [4.69, 9.17) is 0 Å². The third kappa shape index (κ3) is 2.87. The Labute approximate surface area is 130 Å². The van der Waals surface area contributed by atoms with Gasteiger partial charge in [0.15, 0.2) is 0 Å². The average molecular weight is 295 g/mol. The standard InChI is InChI=1S/C19H21NS/c1-4-20-19(16-10-9-13(2)11-14(16)3)18-12-15-7-5-6-8-17(15)21-18/h5-12,19-20H,4H2,1-3H3. The van der Waals surface area contributed by atoms with E-state index in [0.29, 0.717) is 0 Å². The molecule has 1 N–H and O–H groups in total. The first-order valence-electron chi connectivity index (χ1n) is 7.48. The van der Waals surface area contributed by atoms with Crippen LogP contribution in [-0.4, -0.2) is 6.54 Å². The zero-order chi connectivity index (χ0) is 14.8. The summed E-state index contributed by atoms with van der Waals surface area (Å²) < 4.78 is 1.36. The third-order valence-corrected chi connectivity index (χ3v) is 5.05. The SMILES string of the molecule is CCNC(c1cc2ccccc2s1)c1ccc(C)cc1C. The molecule has 2 aromatic carbocycles. The Balaban J connectivity index is 2.08. The number of hydrogen-bond donors (Lipinski definition) is 1. The van der Waals surface area contributed by atoms with Crippen molar-refractivity contribution < 1.29 is 0 Å². The lowest BCUT2D eigenvalue weighted by Gasteiger charge is -2.19. The van der Waals surface area contributed by atoms with E-state index in [0.717, 1.165) is 6.54 Å². The average Bonchev–Trinajstić information content (AvgIpc) is 2.89. The van der Waals surface area contributed by atoms with E-state index >= 15 is 0 Å². The molecular formula is C19H21NS. The van der Waals surface area contributed by atoms with Gasteiger partial charge in [0.1, 0.15) is 0 Å². The maximum Gasteiger partial charge on any atom is 0.0673 e. The van der Waals surface area contributed by atoms with Gasteiger partial charge in [0.2, 0.25) is 0 Å². The molecule has 0 spiro atoms. The van der Waals surface area contributed by atoms with Crippen LogP contribution in [0.3, 0.4) is 0 Å². The van der Waals surface area contributed by atoms with Crippen molar-refractivity contribution in [2.45, 2.75) is 26.8 Å². The molecule has 21 heavy (non-hydrogen) atoms. The molecule has 3 aromatic rings. The van der Waals surface area contributed by atoms with Crippen molar-refractivity contribution in [2.24, 2.45) is 0 Å². The van der Waals surface area contributed by atoms with Crippen LogP contribution in [0.4, 0.5) is 0 Å². The summed E-state index contributed by atoms with van der Waals surface area (Å²) >= 11 is 1.89. The van der Waals surface area contributed by atoms with Crippen LogP contribution < -0.4 is 5.32 Å². The van der Waals surface area contributed by atoms with E-state index in [1.165, 1.54) is 31.7 Å². The van der Waals surface area contributed by atoms with E-state index in [1.54, 1.807) is 0 Å².